The molecule has 2 heterocycles. The third kappa shape index (κ3) is 3.86. The van der Waals surface area contributed by atoms with Crippen LogP contribution in [0.1, 0.15) is 39.5 Å². The zero-order valence-electron chi connectivity index (χ0n) is 15.3. The minimum absolute atomic E-state index is 0.170. The average molecular weight is 339 g/mol. The van der Waals surface area contributed by atoms with Gasteiger partial charge in [-0.1, -0.05) is 13.8 Å². The molecule has 3 rings (SSSR count). The fourth-order valence-corrected chi connectivity index (χ4v) is 4.33. The molecule has 6 nitrogen and oxygen atoms in total. The number of fused-ring (bicyclic) bond motifs is 1. The Morgan fingerprint density at radius 3 is 2.88 bits per heavy atom. The van der Waals surface area contributed by atoms with Gasteiger partial charge in [0, 0.05) is 50.8 Å². The monoisotopic (exact) mass is 339 g/mol. The van der Waals surface area contributed by atoms with Crippen molar-refractivity contribution < 1.29 is 14.2 Å². The highest BCUT2D eigenvalue weighted by atomic mass is 16.5. The summed E-state index contributed by atoms with van der Waals surface area (Å²) in [6, 6.07) is 0.437. The second-order valence-corrected chi connectivity index (χ2v) is 7.75. The number of ether oxygens (including phenoxy) is 3. The van der Waals surface area contributed by atoms with Gasteiger partial charge in [0.05, 0.1) is 18.8 Å². The molecule has 2 aliphatic heterocycles. The first kappa shape index (κ1) is 18.0. The predicted octanol–water partition coefficient (Wildman–Crippen LogP) is 1.55. The molecule has 0 radical (unpaired) electrons. The van der Waals surface area contributed by atoms with Crippen molar-refractivity contribution >= 4 is 5.96 Å². The summed E-state index contributed by atoms with van der Waals surface area (Å²) in [5, 5.41) is 7.00. The summed E-state index contributed by atoms with van der Waals surface area (Å²) in [5.74, 6) is 1.51. The number of rotatable bonds is 7. The Labute approximate surface area is 145 Å². The molecule has 24 heavy (non-hydrogen) atoms. The number of hydrogen-bond donors (Lipinski definition) is 2. The molecule has 4 atom stereocenters. The molecule has 0 aromatic carbocycles. The maximum Gasteiger partial charge on any atom is 0.191 e. The molecule has 0 aromatic heterocycles. The quantitative estimate of drug-likeness (QED) is 0.419. The van der Waals surface area contributed by atoms with Crippen molar-refractivity contribution in [2.75, 3.05) is 40.0 Å². The van der Waals surface area contributed by atoms with Crippen LogP contribution in [0.3, 0.4) is 0 Å². The number of nitrogens with zero attached hydrogens (tertiary/aromatic N) is 1. The van der Waals surface area contributed by atoms with Gasteiger partial charge in [0.2, 0.25) is 0 Å². The van der Waals surface area contributed by atoms with Gasteiger partial charge in [0.1, 0.15) is 0 Å². The first-order valence-corrected chi connectivity index (χ1v) is 9.41. The van der Waals surface area contributed by atoms with Crippen molar-refractivity contribution in [3.05, 3.63) is 0 Å². The van der Waals surface area contributed by atoms with Crippen molar-refractivity contribution in [1.29, 1.82) is 0 Å². The van der Waals surface area contributed by atoms with Crippen LogP contribution in [0.5, 0.6) is 0 Å². The van der Waals surface area contributed by atoms with Gasteiger partial charge in [-0.25, -0.2) is 0 Å². The lowest BCUT2D eigenvalue weighted by atomic mass is 9.57. The molecule has 2 N–H and O–H groups in total. The van der Waals surface area contributed by atoms with Crippen LogP contribution < -0.4 is 10.6 Å². The van der Waals surface area contributed by atoms with Crippen LogP contribution in [0.25, 0.3) is 0 Å². The van der Waals surface area contributed by atoms with E-state index in [9.17, 15) is 0 Å². The summed E-state index contributed by atoms with van der Waals surface area (Å²) < 4.78 is 17.1. The minimum Gasteiger partial charge on any atom is -0.379 e. The van der Waals surface area contributed by atoms with E-state index in [1.54, 1.807) is 0 Å². The lowest BCUT2D eigenvalue weighted by Crippen LogP contribution is -2.68. The molecule has 0 amide bonds. The molecule has 0 spiro atoms. The van der Waals surface area contributed by atoms with E-state index in [2.05, 4.69) is 29.5 Å². The van der Waals surface area contributed by atoms with E-state index >= 15 is 0 Å². The van der Waals surface area contributed by atoms with Crippen molar-refractivity contribution in [2.24, 2.45) is 16.3 Å². The van der Waals surface area contributed by atoms with Crippen LogP contribution in [0, 0.1) is 11.3 Å². The molecule has 3 fully saturated rings. The third-order valence-corrected chi connectivity index (χ3v) is 5.70. The highest BCUT2D eigenvalue weighted by molar-refractivity contribution is 5.80. The molecule has 3 aliphatic rings. The summed E-state index contributed by atoms with van der Waals surface area (Å²) in [7, 11) is 1.83. The Morgan fingerprint density at radius 2 is 2.12 bits per heavy atom. The van der Waals surface area contributed by atoms with Gasteiger partial charge < -0.3 is 24.8 Å². The largest absolute Gasteiger partial charge is 0.379 e. The zero-order valence-corrected chi connectivity index (χ0v) is 15.3. The van der Waals surface area contributed by atoms with E-state index in [4.69, 9.17) is 14.2 Å². The molecular formula is C18H33N3O3. The lowest BCUT2D eigenvalue weighted by molar-refractivity contribution is -0.106. The van der Waals surface area contributed by atoms with Crippen molar-refractivity contribution in [3.63, 3.8) is 0 Å². The Kier molecular flexibility index (Phi) is 6.00. The average Bonchev–Trinajstić information content (AvgIpc) is 3.23. The van der Waals surface area contributed by atoms with Crippen LogP contribution in [-0.2, 0) is 14.2 Å². The normalized spacial score (nSPS) is 34.7. The van der Waals surface area contributed by atoms with E-state index in [1.165, 1.54) is 6.42 Å². The van der Waals surface area contributed by atoms with E-state index in [-0.39, 0.29) is 5.41 Å². The highest BCUT2D eigenvalue weighted by Gasteiger charge is 2.59. The standard InChI is InChI=1S/C18H33N3O3/c1-18(2)15(14-7-11-24-16(14)18)21-17(19-3)20-8-5-9-22-12-13-6-4-10-23-13/h13-16H,4-12H2,1-3H3,(H2,19,20,21). The number of hydrogen-bond acceptors (Lipinski definition) is 4. The van der Waals surface area contributed by atoms with Gasteiger partial charge in [-0.15, -0.1) is 0 Å². The van der Waals surface area contributed by atoms with E-state index in [0.717, 1.165) is 58.2 Å². The number of guanidine groups is 1. The van der Waals surface area contributed by atoms with Gasteiger partial charge >= 0.3 is 0 Å². The van der Waals surface area contributed by atoms with Gasteiger partial charge in [-0.3, -0.25) is 4.99 Å². The molecule has 0 aromatic rings. The van der Waals surface area contributed by atoms with Crippen LogP contribution in [-0.4, -0.2) is 64.2 Å². The molecule has 6 heteroatoms. The molecule has 1 aliphatic carbocycles. The van der Waals surface area contributed by atoms with Gasteiger partial charge in [0.25, 0.3) is 0 Å². The summed E-state index contributed by atoms with van der Waals surface area (Å²) >= 11 is 0. The van der Waals surface area contributed by atoms with Crippen molar-refractivity contribution in [2.45, 2.75) is 57.8 Å². The highest BCUT2D eigenvalue weighted by Crippen LogP contribution is 2.52. The molecule has 138 valence electrons. The molecule has 1 saturated carbocycles. The van der Waals surface area contributed by atoms with E-state index < -0.39 is 0 Å². The van der Waals surface area contributed by atoms with Crippen LogP contribution in [0.2, 0.25) is 0 Å². The summed E-state index contributed by atoms with van der Waals surface area (Å²) in [5.41, 5.74) is 0.170. The molecule has 0 bridgehead atoms. The Balaban J connectivity index is 1.31. The maximum absolute atomic E-state index is 5.85. The van der Waals surface area contributed by atoms with Crippen molar-refractivity contribution in [1.82, 2.24) is 10.6 Å². The Morgan fingerprint density at radius 1 is 1.25 bits per heavy atom. The SMILES string of the molecule is CN=C(NCCCOCC1CCCO1)NC1C2CCOC2C1(C)C. The van der Waals surface area contributed by atoms with Crippen LogP contribution in [0.4, 0.5) is 0 Å². The number of aliphatic imine (C=N–C) groups is 1. The van der Waals surface area contributed by atoms with Gasteiger partial charge in [-0.2, -0.15) is 0 Å². The topological polar surface area (TPSA) is 64.1 Å². The van der Waals surface area contributed by atoms with Crippen molar-refractivity contribution in [3.8, 4) is 0 Å². The van der Waals surface area contributed by atoms with Gasteiger partial charge in [0.15, 0.2) is 5.96 Å². The number of nitrogens with one attached hydrogen (secondary N) is 2. The summed E-state index contributed by atoms with van der Waals surface area (Å²) in [6.07, 6.45) is 5.14. The first-order chi connectivity index (χ1) is 11.6. The molecule has 2 saturated heterocycles. The van der Waals surface area contributed by atoms with E-state index in [0.29, 0.717) is 24.2 Å². The fraction of sp³-hybridized carbons (Fsp3) is 0.944. The third-order valence-electron chi connectivity index (χ3n) is 5.70. The second-order valence-electron chi connectivity index (χ2n) is 7.75. The minimum atomic E-state index is 0.170. The predicted molar refractivity (Wildman–Crippen MR) is 94.3 cm³/mol. The lowest BCUT2D eigenvalue weighted by Gasteiger charge is -2.54. The smallest absolute Gasteiger partial charge is 0.191 e. The fourth-order valence-electron chi connectivity index (χ4n) is 4.33. The molecular weight excluding hydrogens is 306 g/mol. The van der Waals surface area contributed by atoms with Crippen LogP contribution in [0.15, 0.2) is 4.99 Å². The Hall–Kier alpha value is -0.850. The van der Waals surface area contributed by atoms with Crippen LogP contribution >= 0.6 is 0 Å². The summed E-state index contributed by atoms with van der Waals surface area (Å²) in [6.45, 7) is 8.70. The van der Waals surface area contributed by atoms with Gasteiger partial charge in [-0.05, 0) is 25.7 Å². The second kappa shape index (κ2) is 8.02. The summed E-state index contributed by atoms with van der Waals surface area (Å²) in [4.78, 5) is 4.36. The first-order valence-electron chi connectivity index (χ1n) is 9.41. The molecule has 4 unspecified atom stereocenters. The maximum atomic E-state index is 5.85. The Bertz CT molecular complexity index is 435. The zero-order chi connectivity index (χ0) is 17.0. The van der Waals surface area contributed by atoms with E-state index in [1.807, 2.05) is 7.05 Å².